The molecule has 2 aromatic heterocycles. The zero-order chi connectivity index (χ0) is 20.4. The van der Waals surface area contributed by atoms with Crippen LogP contribution in [0.4, 0.5) is 4.39 Å². The number of nitrogens with zero attached hydrogens (tertiary/aromatic N) is 2. The van der Waals surface area contributed by atoms with Gasteiger partial charge in [0.2, 0.25) is 5.91 Å². The maximum absolute atomic E-state index is 13.4. The van der Waals surface area contributed by atoms with Crippen LogP contribution in [0.3, 0.4) is 0 Å². The molecule has 0 saturated heterocycles. The van der Waals surface area contributed by atoms with Gasteiger partial charge in [-0.25, -0.2) is 9.37 Å². The minimum absolute atomic E-state index is 0.140. The second-order valence-corrected chi connectivity index (χ2v) is 6.75. The monoisotopic (exact) mass is 393 g/mol. The Morgan fingerprint density at radius 1 is 1.28 bits per heavy atom. The van der Waals surface area contributed by atoms with Crippen molar-refractivity contribution < 1.29 is 18.3 Å². The van der Waals surface area contributed by atoms with Crippen LogP contribution in [-0.2, 0) is 18.3 Å². The van der Waals surface area contributed by atoms with Crippen LogP contribution >= 0.6 is 0 Å². The first-order valence-electron chi connectivity index (χ1n) is 9.11. The first kappa shape index (κ1) is 18.7. The number of rotatable bonds is 6. The summed E-state index contributed by atoms with van der Waals surface area (Å²) in [5.41, 5.74) is 2.18. The summed E-state index contributed by atoms with van der Waals surface area (Å²) in [6.07, 6.45) is 5.18. The van der Waals surface area contributed by atoms with E-state index in [4.69, 9.17) is 9.15 Å². The van der Waals surface area contributed by atoms with Crippen molar-refractivity contribution in [2.45, 2.75) is 12.5 Å². The van der Waals surface area contributed by atoms with Crippen molar-refractivity contribution in [3.8, 4) is 5.75 Å². The minimum Gasteiger partial charge on any atom is -0.497 e. The number of imidazole rings is 1. The lowest BCUT2D eigenvalue weighted by Crippen LogP contribution is -2.32. The van der Waals surface area contributed by atoms with Crippen LogP contribution in [0.2, 0.25) is 0 Å². The fourth-order valence-electron chi connectivity index (χ4n) is 3.32. The van der Waals surface area contributed by atoms with Gasteiger partial charge in [0.15, 0.2) is 0 Å². The smallest absolute Gasteiger partial charge is 0.225 e. The lowest BCUT2D eigenvalue weighted by Gasteiger charge is -2.19. The van der Waals surface area contributed by atoms with Gasteiger partial charge in [0.05, 0.1) is 19.8 Å². The number of methoxy groups -OCH3 is 1. The minimum atomic E-state index is -0.499. The molecule has 0 spiro atoms. The number of hydrogen-bond acceptors (Lipinski definition) is 4. The fourth-order valence-corrected chi connectivity index (χ4v) is 3.32. The summed E-state index contributed by atoms with van der Waals surface area (Å²) < 4.78 is 26.0. The molecule has 1 amide bonds. The van der Waals surface area contributed by atoms with Crippen LogP contribution in [0.15, 0.2) is 65.5 Å². The molecule has 0 radical (unpaired) electrons. The Bertz CT molecular complexity index is 1150. The first-order valence-corrected chi connectivity index (χ1v) is 9.11. The largest absolute Gasteiger partial charge is 0.497 e. The third kappa shape index (κ3) is 3.85. The van der Waals surface area contributed by atoms with Crippen molar-refractivity contribution in [3.05, 3.63) is 83.9 Å². The summed E-state index contributed by atoms with van der Waals surface area (Å²) in [6, 6.07) is 11.0. The molecule has 0 aliphatic rings. The van der Waals surface area contributed by atoms with Gasteiger partial charge in [-0.15, -0.1) is 0 Å². The van der Waals surface area contributed by atoms with E-state index in [-0.39, 0.29) is 18.1 Å². The second kappa shape index (κ2) is 7.79. The van der Waals surface area contributed by atoms with Gasteiger partial charge >= 0.3 is 0 Å². The number of fused-ring (bicyclic) bond motifs is 1. The van der Waals surface area contributed by atoms with Crippen molar-refractivity contribution in [1.29, 1.82) is 0 Å². The SMILES string of the molecule is COc1ccc2c(CC(=O)N[C@H](c3ccc(F)cc3)c3nccn3C)coc2c1. The van der Waals surface area contributed by atoms with E-state index < -0.39 is 6.04 Å². The third-order valence-corrected chi connectivity index (χ3v) is 4.84. The molecule has 2 heterocycles. The average Bonchev–Trinajstić information content (AvgIpc) is 3.32. The van der Waals surface area contributed by atoms with E-state index in [0.29, 0.717) is 17.2 Å². The quantitative estimate of drug-likeness (QED) is 0.542. The molecule has 6 nitrogen and oxygen atoms in total. The zero-order valence-electron chi connectivity index (χ0n) is 16.1. The van der Waals surface area contributed by atoms with Crippen molar-refractivity contribution in [3.63, 3.8) is 0 Å². The number of benzene rings is 2. The van der Waals surface area contributed by atoms with Gasteiger partial charge in [-0.3, -0.25) is 4.79 Å². The van der Waals surface area contributed by atoms with Crippen molar-refractivity contribution in [1.82, 2.24) is 14.9 Å². The lowest BCUT2D eigenvalue weighted by molar-refractivity contribution is -0.121. The molecule has 29 heavy (non-hydrogen) atoms. The highest BCUT2D eigenvalue weighted by atomic mass is 19.1. The van der Waals surface area contributed by atoms with Crippen LogP contribution < -0.4 is 10.1 Å². The van der Waals surface area contributed by atoms with Crippen LogP contribution in [0.1, 0.15) is 23.0 Å². The lowest BCUT2D eigenvalue weighted by atomic mass is 10.0. The van der Waals surface area contributed by atoms with Crippen molar-refractivity contribution in [2.24, 2.45) is 7.05 Å². The summed E-state index contributed by atoms with van der Waals surface area (Å²) in [5, 5.41) is 3.87. The van der Waals surface area contributed by atoms with Crippen molar-refractivity contribution >= 4 is 16.9 Å². The standard InChI is InChI=1S/C22H20FN3O3/c1-26-10-9-24-22(26)21(14-3-5-16(23)6-4-14)25-20(27)11-15-13-29-19-12-17(28-2)7-8-18(15)19/h3-10,12-13,21H,11H2,1-2H3,(H,25,27)/t21-/m1/s1. The number of furan rings is 1. The van der Waals surface area contributed by atoms with Crippen LogP contribution in [0.25, 0.3) is 11.0 Å². The van der Waals surface area contributed by atoms with Crippen molar-refractivity contribution in [2.75, 3.05) is 7.11 Å². The molecule has 0 aliphatic carbocycles. The molecule has 0 saturated carbocycles. The summed E-state index contributed by atoms with van der Waals surface area (Å²) in [6.45, 7) is 0. The molecule has 0 fully saturated rings. The number of amides is 1. The van der Waals surface area contributed by atoms with Crippen LogP contribution in [0, 0.1) is 5.82 Å². The van der Waals surface area contributed by atoms with E-state index in [1.54, 1.807) is 44.0 Å². The predicted molar refractivity (Wildman–Crippen MR) is 106 cm³/mol. The molecular weight excluding hydrogens is 373 g/mol. The zero-order valence-corrected chi connectivity index (χ0v) is 16.1. The molecule has 4 aromatic rings. The molecule has 0 aliphatic heterocycles. The molecule has 4 rings (SSSR count). The number of ether oxygens (including phenoxy) is 1. The topological polar surface area (TPSA) is 69.3 Å². The number of halogens is 1. The maximum Gasteiger partial charge on any atom is 0.225 e. The Morgan fingerprint density at radius 2 is 2.07 bits per heavy atom. The third-order valence-electron chi connectivity index (χ3n) is 4.84. The van der Waals surface area contributed by atoms with Gasteiger partial charge in [-0.2, -0.15) is 0 Å². The Balaban J connectivity index is 1.58. The molecule has 0 bridgehead atoms. The molecular formula is C22H20FN3O3. The van der Waals surface area contributed by atoms with E-state index in [1.807, 2.05) is 23.7 Å². The molecule has 1 N–H and O–H groups in total. The van der Waals surface area contributed by atoms with E-state index in [1.165, 1.54) is 12.1 Å². The van der Waals surface area contributed by atoms with E-state index in [2.05, 4.69) is 10.3 Å². The van der Waals surface area contributed by atoms with Crippen LogP contribution in [-0.4, -0.2) is 22.6 Å². The van der Waals surface area contributed by atoms with Gasteiger partial charge in [0, 0.05) is 36.5 Å². The predicted octanol–water partition coefficient (Wildman–Crippen LogP) is 3.76. The molecule has 7 heteroatoms. The number of carbonyl (C=O) groups excluding carboxylic acids is 1. The first-order chi connectivity index (χ1) is 14.0. The summed E-state index contributed by atoms with van der Waals surface area (Å²) in [5.74, 6) is 0.820. The molecule has 2 aromatic carbocycles. The maximum atomic E-state index is 13.4. The fraction of sp³-hybridized carbons (Fsp3) is 0.182. The Morgan fingerprint density at radius 3 is 2.76 bits per heavy atom. The molecule has 148 valence electrons. The Hall–Kier alpha value is -3.61. The average molecular weight is 393 g/mol. The van der Waals surface area contributed by atoms with Crippen LogP contribution in [0.5, 0.6) is 5.75 Å². The normalized spacial score (nSPS) is 12.1. The van der Waals surface area contributed by atoms with E-state index >= 15 is 0 Å². The van der Waals surface area contributed by atoms with E-state index in [9.17, 15) is 9.18 Å². The second-order valence-electron chi connectivity index (χ2n) is 6.75. The number of nitrogens with one attached hydrogen (secondary N) is 1. The van der Waals surface area contributed by atoms with E-state index in [0.717, 1.165) is 16.5 Å². The highest BCUT2D eigenvalue weighted by Gasteiger charge is 2.22. The number of aromatic nitrogens is 2. The highest BCUT2D eigenvalue weighted by molar-refractivity contribution is 5.88. The Kier molecular flexibility index (Phi) is 5.03. The number of aryl methyl sites for hydroxylation is 1. The number of hydrogen-bond donors (Lipinski definition) is 1. The summed E-state index contributed by atoms with van der Waals surface area (Å²) in [4.78, 5) is 17.2. The highest BCUT2D eigenvalue weighted by Crippen LogP contribution is 2.26. The van der Waals surface area contributed by atoms with Gasteiger partial charge < -0.3 is 19.0 Å². The number of carbonyl (C=O) groups is 1. The molecule has 0 unspecified atom stereocenters. The van der Waals surface area contributed by atoms with Gasteiger partial charge in [0.25, 0.3) is 0 Å². The van der Waals surface area contributed by atoms with Gasteiger partial charge in [-0.1, -0.05) is 12.1 Å². The van der Waals surface area contributed by atoms with Gasteiger partial charge in [-0.05, 0) is 29.8 Å². The summed E-state index contributed by atoms with van der Waals surface area (Å²) in [7, 11) is 3.44. The van der Waals surface area contributed by atoms with Gasteiger partial charge in [0.1, 0.15) is 29.0 Å². The Labute approximate surface area is 166 Å². The summed E-state index contributed by atoms with van der Waals surface area (Å²) >= 11 is 0. The molecule has 1 atom stereocenters.